The summed E-state index contributed by atoms with van der Waals surface area (Å²) in [4.78, 5) is 4.16. The highest BCUT2D eigenvalue weighted by atomic mass is 16.5. The second kappa shape index (κ2) is 5.78. The Bertz CT molecular complexity index is 260. The number of ether oxygens (including phenoxy) is 1. The first kappa shape index (κ1) is 11.2. The van der Waals surface area contributed by atoms with Crippen LogP contribution in [0.4, 0.5) is 0 Å². The van der Waals surface area contributed by atoms with E-state index < -0.39 is 0 Å². The quantitative estimate of drug-likeness (QED) is 0.744. The SMILES string of the molecule is CCC(COC)n1cncc1CNC. The van der Waals surface area contributed by atoms with E-state index in [2.05, 4.69) is 21.8 Å². The van der Waals surface area contributed by atoms with Crippen LogP contribution in [0.25, 0.3) is 0 Å². The topological polar surface area (TPSA) is 39.1 Å². The lowest BCUT2D eigenvalue weighted by Gasteiger charge is -2.18. The first-order chi connectivity index (χ1) is 6.83. The summed E-state index contributed by atoms with van der Waals surface area (Å²) in [6.45, 7) is 3.75. The number of hydrogen-bond donors (Lipinski definition) is 1. The van der Waals surface area contributed by atoms with Crippen molar-refractivity contribution < 1.29 is 4.74 Å². The van der Waals surface area contributed by atoms with Crippen LogP contribution in [0.3, 0.4) is 0 Å². The third kappa shape index (κ3) is 2.56. The molecule has 0 saturated heterocycles. The van der Waals surface area contributed by atoms with Gasteiger partial charge in [0.25, 0.3) is 0 Å². The molecule has 0 amide bonds. The van der Waals surface area contributed by atoms with E-state index in [-0.39, 0.29) is 0 Å². The van der Waals surface area contributed by atoms with Crippen molar-refractivity contribution in [2.75, 3.05) is 20.8 Å². The maximum atomic E-state index is 5.18. The summed E-state index contributed by atoms with van der Waals surface area (Å²) >= 11 is 0. The van der Waals surface area contributed by atoms with Crippen molar-refractivity contribution in [3.05, 3.63) is 18.2 Å². The number of nitrogens with one attached hydrogen (secondary N) is 1. The smallest absolute Gasteiger partial charge is 0.0952 e. The van der Waals surface area contributed by atoms with Gasteiger partial charge in [-0.25, -0.2) is 4.98 Å². The van der Waals surface area contributed by atoms with Crippen LogP contribution < -0.4 is 5.32 Å². The van der Waals surface area contributed by atoms with E-state index in [4.69, 9.17) is 4.74 Å². The lowest BCUT2D eigenvalue weighted by Crippen LogP contribution is -2.18. The number of rotatable bonds is 6. The van der Waals surface area contributed by atoms with Crippen molar-refractivity contribution in [3.8, 4) is 0 Å². The number of hydrogen-bond acceptors (Lipinski definition) is 3. The predicted octanol–water partition coefficient (Wildman–Crippen LogP) is 1.20. The lowest BCUT2D eigenvalue weighted by molar-refractivity contribution is 0.151. The Morgan fingerprint density at radius 3 is 3.00 bits per heavy atom. The Hall–Kier alpha value is -0.870. The van der Waals surface area contributed by atoms with Gasteiger partial charge < -0.3 is 14.6 Å². The zero-order valence-electron chi connectivity index (χ0n) is 9.16. The summed E-state index contributed by atoms with van der Waals surface area (Å²) in [7, 11) is 3.67. The third-order valence-corrected chi connectivity index (χ3v) is 2.33. The van der Waals surface area contributed by atoms with Gasteiger partial charge in [-0.15, -0.1) is 0 Å². The first-order valence-electron chi connectivity index (χ1n) is 4.97. The van der Waals surface area contributed by atoms with Gasteiger partial charge in [0.2, 0.25) is 0 Å². The van der Waals surface area contributed by atoms with Crippen LogP contribution in [0, 0.1) is 0 Å². The molecule has 4 heteroatoms. The molecule has 0 aliphatic carbocycles. The van der Waals surface area contributed by atoms with Gasteiger partial charge in [0.1, 0.15) is 0 Å². The summed E-state index contributed by atoms with van der Waals surface area (Å²) < 4.78 is 7.36. The summed E-state index contributed by atoms with van der Waals surface area (Å²) in [5.74, 6) is 0. The fourth-order valence-electron chi connectivity index (χ4n) is 1.57. The number of methoxy groups -OCH3 is 1. The molecule has 1 rings (SSSR count). The zero-order chi connectivity index (χ0) is 10.4. The lowest BCUT2D eigenvalue weighted by atomic mass is 10.2. The second-order valence-corrected chi connectivity index (χ2v) is 3.34. The van der Waals surface area contributed by atoms with E-state index in [1.807, 2.05) is 19.6 Å². The van der Waals surface area contributed by atoms with Gasteiger partial charge in [-0.05, 0) is 13.5 Å². The fraction of sp³-hybridized carbons (Fsp3) is 0.700. The van der Waals surface area contributed by atoms with Gasteiger partial charge in [-0.3, -0.25) is 0 Å². The molecule has 1 unspecified atom stereocenters. The van der Waals surface area contributed by atoms with E-state index in [0.717, 1.165) is 19.6 Å². The molecule has 80 valence electrons. The Morgan fingerprint density at radius 2 is 2.43 bits per heavy atom. The Morgan fingerprint density at radius 1 is 1.64 bits per heavy atom. The maximum Gasteiger partial charge on any atom is 0.0952 e. The summed E-state index contributed by atoms with van der Waals surface area (Å²) in [5, 5.41) is 3.13. The van der Waals surface area contributed by atoms with Gasteiger partial charge in [0.05, 0.1) is 24.7 Å². The molecule has 0 aliphatic heterocycles. The van der Waals surface area contributed by atoms with E-state index in [1.165, 1.54) is 5.69 Å². The fourth-order valence-corrected chi connectivity index (χ4v) is 1.57. The van der Waals surface area contributed by atoms with E-state index >= 15 is 0 Å². The van der Waals surface area contributed by atoms with Crippen molar-refractivity contribution >= 4 is 0 Å². The highest BCUT2D eigenvalue weighted by molar-refractivity contribution is 5.00. The van der Waals surface area contributed by atoms with Gasteiger partial charge in [-0.2, -0.15) is 0 Å². The van der Waals surface area contributed by atoms with Gasteiger partial charge in [0.15, 0.2) is 0 Å². The van der Waals surface area contributed by atoms with Crippen molar-refractivity contribution in [1.29, 1.82) is 0 Å². The zero-order valence-corrected chi connectivity index (χ0v) is 9.16. The molecule has 0 aromatic carbocycles. The molecule has 4 nitrogen and oxygen atoms in total. The molecule has 0 fully saturated rings. The minimum atomic E-state index is 0.394. The average Bonchev–Trinajstić information content (AvgIpc) is 2.63. The molecular weight excluding hydrogens is 178 g/mol. The van der Waals surface area contributed by atoms with Crippen molar-refractivity contribution in [2.24, 2.45) is 0 Å². The van der Waals surface area contributed by atoms with Crippen LogP contribution in [0.2, 0.25) is 0 Å². The molecule has 0 spiro atoms. The predicted molar refractivity (Wildman–Crippen MR) is 56.2 cm³/mol. The van der Waals surface area contributed by atoms with E-state index in [9.17, 15) is 0 Å². The normalized spacial score (nSPS) is 13.1. The molecule has 1 aromatic heterocycles. The molecule has 1 heterocycles. The van der Waals surface area contributed by atoms with Gasteiger partial charge in [0, 0.05) is 19.9 Å². The number of nitrogens with zero attached hydrogens (tertiary/aromatic N) is 2. The average molecular weight is 197 g/mol. The minimum absolute atomic E-state index is 0.394. The van der Waals surface area contributed by atoms with Crippen LogP contribution in [0.5, 0.6) is 0 Å². The van der Waals surface area contributed by atoms with E-state index in [0.29, 0.717) is 6.04 Å². The monoisotopic (exact) mass is 197 g/mol. The van der Waals surface area contributed by atoms with Gasteiger partial charge >= 0.3 is 0 Å². The Balaban J connectivity index is 2.74. The van der Waals surface area contributed by atoms with Gasteiger partial charge in [-0.1, -0.05) is 6.92 Å². The second-order valence-electron chi connectivity index (χ2n) is 3.34. The van der Waals surface area contributed by atoms with Crippen LogP contribution in [-0.2, 0) is 11.3 Å². The largest absolute Gasteiger partial charge is 0.383 e. The highest BCUT2D eigenvalue weighted by Gasteiger charge is 2.11. The molecule has 0 aliphatic rings. The van der Waals surface area contributed by atoms with Crippen molar-refractivity contribution in [2.45, 2.75) is 25.9 Å². The van der Waals surface area contributed by atoms with E-state index in [1.54, 1.807) is 7.11 Å². The number of aromatic nitrogens is 2. The number of imidazole rings is 1. The summed E-state index contributed by atoms with van der Waals surface area (Å²) in [5.41, 5.74) is 1.21. The maximum absolute atomic E-state index is 5.18. The summed E-state index contributed by atoms with van der Waals surface area (Å²) in [6, 6.07) is 0.394. The molecule has 0 saturated carbocycles. The van der Waals surface area contributed by atoms with Crippen LogP contribution in [0.1, 0.15) is 25.1 Å². The van der Waals surface area contributed by atoms with Crippen LogP contribution in [0.15, 0.2) is 12.5 Å². The molecule has 1 aromatic rings. The van der Waals surface area contributed by atoms with Crippen molar-refractivity contribution in [1.82, 2.24) is 14.9 Å². The Kier molecular flexibility index (Phi) is 4.62. The van der Waals surface area contributed by atoms with Crippen molar-refractivity contribution in [3.63, 3.8) is 0 Å². The molecular formula is C10H19N3O. The van der Waals surface area contributed by atoms with Crippen LogP contribution >= 0.6 is 0 Å². The highest BCUT2D eigenvalue weighted by Crippen LogP contribution is 2.14. The molecule has 0 radical (unpaired) electrons. The molecule has 1 N–H and O–H groups in total. The standard InChI is InChI=1S/C10H19N3O/c1-4-9(7-14-3)13-8-12-6-10(13)5-11-2/h6,8-9,11H,4-5,7H2,1-3H3. The Labute approximate surface area is 85.3 Å². The first-order valence-corrected chi connectivity index (χ1v) is 4.97. The minimum Gasteiger partial charge on any atom is -0.383 e. The van der Waals surface area contributed by atoms with Crippen LogP contribution in [-0.4, -0.2) is 30.3 Å². The molecule has 1 atom stereocenters. The third-order valence-electron chi connectivity index (χ3n) is 2.33. The molecule has 14 heavy (non-hydrogen) atoms. The molecule has 0 bridgehead atoms. The summed E-state index contributed by atoms with van der Waals surface area (Å²) in [6.07, 6.45) is 4.83.